The number of amides is 3. The number of ether oxygens (including phenoxy) is 1. The minimum atomic E-state index is -1.14. The molecule has 2 aliphatic rings. The lowest BCUT2D eigenvalue weighted by Gasteiger charge is -2.40. The number of aliphatic hydroxyl groups excluding tert-OH is 1. The second-order valence-electron chi connectivity index (χ2n) is 8.02. The SMILES string of the molecule is CCCC[C@H](NC(=O)C1(NC(=O)N2CCOCC2)CCCCC1)C(CO)C(=O)O. The number of nitrogens with zero attached hydrogens (tertiary/aromatic N) is 1. The fourth-order valence-corrected chi connectivity index (χ4v) is 4.10. The van der Waals surface area contributed by atoms with E-state index in [-0.39, 0.29) is 11.9 Å². The Labute approximate surface area is 172 Å². The molecule has 2 atom stereocenters. The van der Waals surface area contributed by atoms with Crippen molar-refractivity contribution in [3.05, 3.63) is 0 Å². The van der Waals surface area contributed by atoms with Crippen LogP contribution in [-0.2, 0) is 14.3 Å². The number of nitrogens with one attached hydrogen (secondary N) is 2. The summed E-state index contributed by atoms with van der Waals surface area (Å²) in [7, 11) is 0. The number of aliphatic hydroxyl groups is 1. The minimum absolute atomic E-state index is 0.285. The van der Waals surface area contributed by atoms with Gasteiger partial charge in [0.25, 0.3) is 0 Å². The van der Waals surface area contributed by atoms with E-state index in [1.165, 1.54) is 0 Å². The minimum Gasteiger partial charge on any atom is -0.481 e. The molecular weight excluding hydrogens is 378 g/mol. The zero-order valence-corrected chi connectivity index (χ0v) is 17.3. The van der Waals surface area contributed by atoms with Gasteiger partial charge in [0.05, 0.1) is 25.7 Å². The number of urea groups is 1. The Kier molecular flexibility index (Phi) is 9.16. The number of rotatable bonds is 9. The summed E-state index contributed by atoms with van der Waals surface area (Å²) in [6.07, 6.45) is 5.73. The van der Waals surface area contributed by atoms with Gasteiger partial charge < -0.3 is 30.5 Å². The Morgan fingerprint density at radius 2 is 1.79 bits per heavy atom. The molecule has 2 fully saturated rings. The van der Waals surface area contributed by atoms with Crippen LogP contribution in [0.3, 0.4) is 0 Å². The van der Waals surface area contributed by atoms with Gasteiger partial charge in [0.15, 0.2) is 0 Å². The largest absolute Gasteiger partial charge is 0.481 e. The quantitative estimate of drug-likeness (QED) is 0.448. The van der Waals surface area contributed by atoms with Crippen molar-refractivity contribution in [2.24, 2.45) is 5.92 Å². The number of carboxylic acid groups (broad SMARTS) is 1. The van der Waals surface area contributed by atoms with Gasteiger partial charge in [-0.05, 0) is 19.3 Å². The molecule has 29 heavy (non-hydrogen) atoms. The summed E-state index contributed by atoms with van der Waals surface area (Å²) >= 11 is 0. The molecule has 2 rings (SSSR count). The first kappa shape index (κ1) is 23.4. The van der Waals surface area contributed by atoms with Crippen LogP contribution < -0.4 is 10.6 Å². The molecule has 0 aromatic rings. The molecule has 1 unspecified atom stereocenters. The molecule has 0 aromatic carbocycles. The number of carbonyl (C=O) groups is 3. The van der Waals surface area contributed by atoms with Crippen molar-refractivity contribution in [2.75, 3.05) is 32.9 Å². The van der Waals surface area contributed by atoms with Crippen LogP contribution in [0.2, 0.25) is 0 Å². The lowest BCUT2D eigenvalue weighted by Crippen LogP contribution is -2.64. The van der Waals surface area contributed by atoms with Gasteiger partial charge in [-0.1, -0.05) is 39.0 Å². The zero-order chi connectivity index (χ0) is 21.3. The number of unbranched alkanes of at least 4 members (excludes halogenated alkanes) is 1. The summed E-state index contributed by atoms with van der Waals surface area (Å²) in [5, 5.41) is 24.8. The number of morpholine rings is 1. The Bertz CT molecular complexity index is 558. The summed E-state index contributed by atoms with van der Waals surface area (Å²) < 4.78 is 5.28. The first-order valence-corrected chi connectivity index (χ1v) is 10.7. The van der Waals surface area contributed by atoms with Crippen LogP contribution in [-0.4, -0.2) is 77.5 Å². The summed E-state index contributed by atoms with van der Waals surface area (Å²) in [6.45, 7) is 3.35. The van der Waals surface area contributed by atoms with E-state index in [0.29, 0.717) is 45.6 Å². The predicted molar refractivity (Wildman–Crippen MR) is 106 cm³/mol. The highest BCUT2D eigenvalue weighted by atomic mass is 16.5. The molecule has 0 spiro atoms. The number of hydrogen-bond donors (Lipinski definition) is 4. The first-order valence-electron chi connectivity index (χ1n) is 10.7. The number of carbonyl (C=O) groups excluding carboxylic acids is 2. The second kappa shape index (κ2) is 11.3. The van der Waals surface area contributed by atoms with E-state index in [1.807, 2.05) is 6.92 Å². The van der Waals surface area contributed by atoms with Crippen molar-refractivity contribution >= 4 is 17.9 Å². The fraction of sp³-hybridized carbons (Fsp3) is 0.850. The molecular formula is C20H35N3O6. The molecule has 1 saturated heterocycles. The van der Waals surface area contributed by atoms with Crippen LogP contribution in [0.4, 0.5) is 4.79 Å². The molecule has 0 radical (unpaired) electrons. The highest BCUT2D eigenvalue weighted by molar-refractivity contribution is 5.91. The number of carboxylic acids is 1. The van der Waals surface area contributed by atoms with Crippen molar-refractivity contribution in [3.63, 3.8) is 0 Å². The predicted octanol–water partition coefficient (Wildman–Crippen LogP) is 1.10. The monoisotopic (exact) mass is 413 g/mol. The standard InChI is InChI=1S/C20H35N3O6/c1-2-3-7-16(15(14-24)17(25)26)21-18(27)20(8-5-4-6-9-20)22-19(28)23-10-12-29-13-11-23/h15-16,24H,2-14H2,1H3,(H,21,27)(H,22,28)(H,25,26)/t15?,16-/m0/s1. The van der Waals surface area contributed by atoms with Crippen LogP contribution in [0.15, 0.2) is 0 Å². The van der Waals surface area contributed by atoms with Crippen LogP contribution in [0, 0.1) is 5.92 Å². The maximum Gasteiger partial charge on any atom is 0.318 e. The van der Waals surface area contributed by atoms with Crippen LogP contribution in [0.5, 0.6) is 0 Å². The Morgan fingerprint density at radius 1 is 1.14 bits per heavy atom. The Hall–Kier alpha value is -1.87. The third-order valence-corrected chi connectivity index (χ3v) is 5.97. The fourth-order valence-electron chi connectivity index (χ4n) is 4.10. The van der Waals surface area contributed by atoms with Crippen molar-refractivity contribution in [2.45, 2.75) is 69.9 Å². The van der Waals surface area contributed by atoms with E-state index < -0.39 is 30.1 Å². The summed E-state index contributed by atoms with van der Waals surface area (Å²) in [5.74, 6) is -2.55. The average Bonchev–Trinajstić information content (AvgIpc) is 2.73. The second-order valence-corrected chi connectivity index (χ2v) is 8.02. The molecule has 4 N–H and O–H groups in total. The van der Waals surface area contributed by atoms with Crippen LogP contribution in [0.25, 0.3) is 0 Å². The van der Waals surface area contributed by atoms with E-state index >= 15 is 0 Å². The third kappa shape index (κ3) is 6.30. The zero-order valence-electron chi connectivity index (χ0n) is 17.3. The summed E-state index contributed by atoms with van der Waals surface area (Å²) in [6, 6.07) is -0.962. The van der Waals surface area contributed by atoms with Crippen LogP contribution >= 0.6 is 0 Å². The molecule has 1 heterocycles. The van der Waals surface area contributed by atoms with Gasteiger partial charge in [-0.15, -0.1) is 0 Å². The Morgan fingerprint density at radius 3 is 2.34 bits per heavy atom. The van der Waals surface area contributed by atoms with E-state index in [2.05, 4.69) is 10.6 Å². The van der Waals surface area contributed by atoms with Gasteiger partial charge >= 0.3 is 12.0 Å². The normalized spacial score (nSPS) is 21.1. The molecule has 9 heteroatoms. The highest BCUT2D eigenvalue weighted by Crippen LogP contribution is 2.29. The lowest BCUT2D eigenvalue weighted by molar-refractivity contribution is -0.145. The van der Waals surface area contributed by atoms with Crippen molar-refractivity contribution < 1.29 is 29.3 Å². The first-order chi connectivity index (χ1) is 13.9. The lowest BCUT2D eigenvalue weighted by atomic mass is 9.80. The van der Waals surface area contributed by atoms with Crippen LogP contribution in [0.1, 0.15) is 58.3 Å². The molecule has 9 nitrogen and oxygen atoms in total. The van der Waals surface area contributed by atoms with E-state index in [9.17, 15) is 24.6 Å². The maximum absolute atomic E-state index is 13.3. The van der Waals surface area contributed by atoms with Gasteiger partial charge in [-0.2, -0.15) is 0 Å². The topological polar surface area (TPSA) is 128 Å². The maximum atomic E-state index is 13.3. The molecule has 166 valence electrons. The van der Waals surface area contributed by atoms with Gasteiger partial charge in [0.1, 0.15) is 5.54 Å². The van der Waals surface area contributed by atoms with Gasteiger partial charge in [0, 0.05) is 19.1 Å². The van der Waals surface area contributed by atoms with E-state index in [1.54, 1.807) is 4.90 Å². The van der Waals surface area contributed by atoms with Crippen molar-refractivity contribution in [1.29, 1.82) is 0 Å². The number of hydrogen-bond acceptors (Lipinski definition) is 5. The van der Waals surface area contributed by atoms with E-state index in [4.69, 9.17) is 4.74 Å². The molecule has 1 aliphatic heterocycles. The Balaban J connectivity index is 2.14. The number of aliphatic carboxylic acids is 1. The van der Waals surface area contributed by atoms with Gasteiger partial charge in [-0.3, -0.25) is 9.59 Å². The molecule has 1 saturated carbocycles. The molecule has 1 aliphatic carbocycles. The molecule has 3 amide bonds. The van der Waals surface area contributed by atoms with Crippen molar-refractivity contribution in [1.82, 2.24) is 15.5 Å². The highest BCUT2D eigenvalue weighted by Gasteiger charge is 2.43. The average molecular weight is 414 g/mol. The summed E-state index contributed by atoms with van der Waals surface area (Å²) in [4.78, 5) is 39.3. The molecule has 0 aromatic heterocycles. The van der Waals surface area contributed by atoms with Crippen molar-refractivity contribution in [3.8, 4) is 0 Å². The summed E-state index contributed by atoms with van der Waals surface area (Å²) in [5.41, 5.74) is -1.05. The van der Waals surface area contributed by atoms with E-state index in [0.717, 1.165) is 32.1 Å². The third-order valence-electron chi connectivity index (χ3n) is 5.97. The van der Waals surface area contributed by atoms with Gasteiger partial charge in [-0.25, -0.2) is 4.79 Å². The van der Waals surface area contributed by atoms with Gasteiger partial charge in [0.2, 0.25) is 5.91 Å². The smallest absolute Gasteiger partial charge is 0.318 e. The molecule has 0 bridgehead atoms.